The number of rotatable bonds is 7. The zero-order valence-electron chi connectivity index (χ0n) is 21.6. The average molecular weight is 605 g/mol. The molecule has 1 unspecified atom stereocenters. The lowest BCUT2D eigenvalue weighted by atomic mass is 9.93. The number of hydrogen-bond donors (Lipinski definition) is 1. The van der Waals surface area contributed by atoms with Crippen molar-refractivity contribution in [3.8, 4) is 0 Å². The van der Waals surface area contributed by atoms with Crippen LogP contribution in [0, 0.1) is 0 Å². The highest BCUT2D eigenvalue weighted by Gasteiger charge is 2.31. The molecule has 1 atom stereocenters. The third-order valence-corrected chi connectivity index (χ3v) is 11.4. The number of aliphatic hydroxyl groups is 1. The molecule has 0 saturated carbocycles. The van der Waals surface area contributed by atoms with Gasteiger partial charge in [-0.2, -0.15) is 0 Å². The van der Waals surface area contributed by atoms with Gasteiger partial charge in [-0.3, -0.25) is 9.79 Å². The maximum Gasteiger partial charge on any atom is 0.223 e. The lowest BCUT2D eigenvalue weighted by molar-refractivity contribution is -0.131. The first-order valence-corrected chi connectivity index (χ1v) is 16.3. The van der Waals surface area contributed by atoms with Crippen LogP contribution in [0.25, 0.3) is 10.8 Å². The predicted molar refractivity (Wildman–Crippen MR) is 155 cm³/mol. The summed E-state index contributed by atoms with van der Waals surface area (Å²) in [7, 11) is 0.0195. The number of benzene rings is 2. The molecule has 39 heavy (non-hydrogen) atoms. The molecule has 3 heterocycles. The Morgan fingerprint density at radius 1 is 1.21 bits per heavy atom. The fourth-order valence-electron chi connectivity index (χ4n) is 5.06. The molecule has 1 aliphatic rings. The SMILES string of the molecule is CN=c1sc(C2CCN(C(=O)CCS(=O)(=O)c3ccc4cc(Cl)ccc4c3)CC2)c(C(O)c2nccs2)n1C. The van der Waals surface area contributed by atoms with Crippen LogP contribution in [0.3, 0.4) is 0 Å². The van der Waals surface area contributed by atoms with Crippen LogP contribution in [0.4, 0.5) is 0 Å². The van der Waals surface area contributed by atoms with Gasteiger partial charge in [-0.25, -0.2) is 13.4 Å². The predicted octanol–water partition coefficient (Wildman–Crippen LogP) is 4.53. The van der Waals surface area contributed by atoms with Crippen LogP contribution in [-0.4, -0.2) is 59.8 Å². The van der Waals surface area contributed by atoms with Crippen molar-refractivity contribution in [3.05, 3.63) is 73.4 Å². The van der Waals surface area contributed by atoms with Crippen LogP contribution < -0.4 is 4.80 Å². The van der Waals surface area contributed by atoms with E-state index < -0.39 is 15.9 Å². The van der Waals surface area contributed by atoms with Crippen LogP contribution in [-0.2, 0) is 21.7 Å². The number of amides is 1. The summed E-state index contributed by atoms with van der Waals surface area (Å²) in [5.74, 6) is -0.231. The molecule has 0 aliphatic carbocycles. The number of fused-ring (bicyclic) bond motifs is 1. The third kappa shape index (κ3) is 5.83. The average Bonchev–Trinajstić information content (AvgIpc) is 3.59. The molecule has 1 fully saturated rings. The number of halogens is 1. The quantitative estimate of drug-likeness (QED) is 0.334. The van der Waals surface area contributed by atoms with Gasteiger partial charge < -0.3 is 14.6 Å². The highest BCUT2D eigenvalue weighted by atomic mass is 35.5. The summed E-state index contributed by atoms with van der Waals surface area (Å²) >= 11 is 9.00. The largest absolute Gasteiger partial charge is 0.380 e. The van der Waals surface area contributed by atoms with Gasteiger partial charge in [0.2, 0.25) is 5.91 Å². The molecule has 12 heteroatoms. The molecular formula is C27H29ClN4O4S3. The van der Waals surface area contributed by atoms with Crippen LogP contribution in [0.2, 0.25) is 5.02 Å². The molecule has 8 nitrogen and oxygen atoms in total. The summed E-state index contributed by atoms with van der Waals surface area (Å²) in [4.78, 5) is 25.5. The lowest BCUT2D eigenvalue weighted by Crippen LogP contribution is -2.38. The Bertz CT molecular complexity index is 1670. The zero-order valence-corrected chi connectivity index (χ0v) is 24.8. The first-order valence-electron chi connectivity index (χ1n) is 12.6. The van der Waals surface area contributed by atoms with E-state index in [0.29, 0.717) is 23.1 Å². The van der Waals surface area contributed by atoms with Gasteiger partial charge in [0.15, 0.2) is 14.6 Å². The Hall–Kier alpha value is -2.57. The van der Waals surface area contributed by atoms with Gasteiger partial charge in [-0.1, -0.05) is 23.7 Å². The van der Waals surface area contributed by atoms with Crippen molar-refractivity contribution in [1.82, 2.24) is 14.5 Å². The Balaban J connectivity index is 1.24. The third-order valence-electron chi connectivity index (χ3n) is 7.17. The van der Waals surface area contributed by atoms with Gasteiger partial charge in [-0.05, 0) is 53.8 Å². The summed E-state index contributed by atoms with van der Waals surface area (Å²) in [5, 5.41) is 15.8. The second kappa shape index (κ2) is 11.5. The van der Waals surface area contributed by atoms with E-state index in [1.54, 1.807) is 65.9 Å². The summed E-state index contributed by atoms with van der Waals surface area (Å²) in [6.45, 7) is 1.07. The highest BCUT2D eigenvalue weighted by Crippen LogP contribution is 2.37. The molecule has 5 rings (SSSR count). The molecule has 2 aromatic heterocycles. The van der Waals surface area contributed by atoms with Crippen molar-refractivity contribution in [1.29, 1.82) is 0 Å². The molecule has 0 radical (unpaired) electrons. The number of aromatic nitrogens is 2. The molecule has 1 aliphatic heterocycles. The van der Waals surface area contributed by atoms with Gasteiger partial charge in [0.25, 0.3) is 0 Å². The molecular weight excluding hydrogens is 576 g/mol. The first-order chi connectivity index (χ1) is 18.7. The van der Waals surface area contributed by atoms with E-state index in [9.17, 15) is 18.3 Å². The topological polar surface area (TPSA) is 105 Å². The Morgan fingerprint density at radius 2 is 1.92 bits per heavy atom. The van der Waals surface area contributed by atoms with E-state index in [0.717, 1.165) is 39.0 Å². The molecule has 206 valence electrons. The van der Waals surface area contributed by atoms with Gasteiger partial charge in [0.1, 0.15) is 11.1 Å². The summed E-state index contributed by atoms with van der Waals surface area (Å²) < 4.78 is 27.9. The Kier molecular flexibility index (Phi) is 8.25. The second-order valence-corrected chi connectivity index (χ2v) is 14.0. The molecule has 1 amide bonds. The zero-order chi connectivity index (χ0) is 27.7. The van der Waals surface area contributed by atoms with Gasteiger partial charge >= 0.3 is 0 Å². The number of likely N-dealkylation sites (tertiary alicyclic amines) is 1. The Labute approximate surface area is 240 Å². The maximum absolute atomic E-state index is 13.0. The number of carbonyl (C=O) groups is 1. The van der Waals surface area contributed by atoms with Crippen LogP contribution in [0.1, 0.15) is 46.9 Å². The number of piperidine rings is 1. The molecule has 4 aromatic rings. The van der Waals surface area contributed by atoms with Crippen molar-refractivity contribution < 1.29 is 18.3 Å². The number of carbonyl (C=O) groups excluding carboxylic acids is 1. The van der Waals surface area contributed by atoms with Crippen molar-refractivity contribution in [3.63, 3.8) is 0 Å². The lowest BCUT2D eigenvalue weighted by Gasteiger charge is -2.32. The van der Waals surface area contributed by atoms with E-state index in [-0.39, 0.29) is 28.9 Å². The van der Waals surface area contributed by atoms with E-state index in [4.69, 9.17) is 11.6 Å². The van der Waals surface area contributed by atoms with E-state index in [1.807, 2.05) is 17.0 Å². The van der Waals surface area contributed by atoms with E-state index in [1.165, 1.54) is 11.3 Å². The fraction of sp³-hybridized carbons (Fsp3) is 0.370. The minimum absolute atomic E-state index is 0.0630. The minimum atomic E-state index is -3.62. The standard InChI is InChI=1S/C27H29ClN4O4S3/c1-29-27-31(2)23(24(34)26-30-10-13-37-26)25(38-27)17-7-11-32(12-8-17)22(33)9-14-39(35,36)21-6-4-18-15-20(28)5-3-19(18)16-21/h3-6,10,13,15-17,24,34H,7-9,11-12,14H2,1-2H3. The van der Waals surface area contributed by atoms with Gasteiger partial charge in [0, 0.05) is 55.1 Å². The number of aliphatic hydroxyl groups excluding tert-OH is 1. The maximum atomic E-state index is 13.0. The summed E-state index contributed by atoms with van der Waals surface area (Å²) in [6, 6.07) is 10.2. The van der Waals surface area contributed by atoms with Crippen molar-refractivity contribution in [2.24, 2.45) is 12.0 Å². The van der Waals surface area contributed by atoms with Crippen LogP contribution in [0.15, 0.2) is 57.9 Å². The summed E-state index contributed by atoms with van der Waals surface area (Å²) in [6.07, 6.45) is 2.24. The highest BCUT2D eigenvalue weighted by molar-refractivity contribution is 7.91. The molecule has 0 bridgehead atoms. The second-order valence-electron chi connectivity index (χ2n) is 9.57. The van der Waals surface area contributed by atoms with E-state index >= 15 is 0 Å². The fourth-order valence-corrected chi connectivity index (χ4v) is 8.40. The molecule has 1 saturated heterocycles. The molecule has 1 N–H and O–H groups in total. The number of nitrogens with zero attached hydrogens (tertiary/aromatic N) is 4. The normalized spacial score (nSPS) is 16.2. The number of sulfone groups is 1. The molecule has 0 spiro atoms. The van der Waals surface area contributed by atoms with E-state index in [2.05, 4.69) is 9.98 Å². The summed E-state index contributed by atoms with van der Waals surface area (Å²) in [5.41, 5.74) is 0.795. The Morgan fingerprint density at radius 3 is 2.62 bits per heavy atom. The van der Waals surface area contributed by atoms with Crippen LogP contribution >= 0.6 is 34.3 Å². The van der Waals surface area contributed by atoms with Gasteiger partial charge in [0.05, 0.1) is 16.3 Å². The van der Waals surface area contributed by atoms with Crippen LogP contribution in [0.5, 0.6) is 0 Å². The van der Waals surface area contributed by atoms with Crippen molar-refractivity contribution >= 4 is 60.8 Å². The number of thiazole rings is 2. The minimum Gasteiger partial charge on any atom is -0.380 e. The first kappa shape index (κ1) is 28.0. The van der Waals surface area contributed by atoms with Crippen molar-refractivity contribution in [2.75, 3.05) is 25.9 Å². The smallest absolute Gasteiger partial charge is 0.223 e. The number of hydrogen-bond acceptors (Lipinski definition) is 8. The monoisotopic (exact) mass is 604 g/mol. The van der Waals surface area contributed by atoms with Gasteiger partial charge in [-0.15, -0.1) is 22.7 Å². The molecule has 2 aromatic carbocycles. The van der Waals surface area contributed by atoms with Crippen molar-refractivity contribution in [2.45, 2.75) is 36.2 Å².